The van der Waals surface area contributed by atoms with Gasteiger partial charge in [0, 0.05) is 13.0 Å². The molecule has 0 saturated carbocycles. The first kappa shape index (κ1) is 13.3. The maximum absolute atomic E-state index is 5.41. The Morgan fingerprint density at radius 2 is 2.06 bits per heavy atom. The molecule has 2 nitrogen and oxygen atoms in total. The van der Waals surface area contributed by atoms with E-state index in [4.69, 9.17) is 9.47 Å². The number of benzene rings is 1. The first-order valence-corrected chi connectivity index (χ1v) is 6.72. The molecule has 0 saturated heterocycles. The lowest BCUT2D eigenvalue weighted by Gasteiger charge is -2.25. The van der Waals surface area contributed by atoms with Gasteiger partial charge in [0.2, 0.25) is 0 Å². The highest BCUT2D eigenvalue weighted by Crippen LogP contribution is 2.35. The Hall–Kier alpha value is -1.12. The summed E-state index contributed by atoms with van der Waals surface area (Å²) in [4.78, 5) is 0. The molecule has 18 heavy (non-hydrogen) atoms. The fourth-order valence-electron chi connectivity index (χ4n) is 2.61. The van der Waals surface area contributed by atoms with Gasteiger partial charge >= 0.3 is 0 Å². The van der Waals surface area contributed by atoms with Crippen LogP contribution in [0.25, 0.3) is 0 Å². The summed E-state index contributed by atoms with van der Waals surface area (Å²) in [6.07, 6.45) is 7.19. The minimum atomic E-state index is 0.392. The lowest BCUT2D eigenvalue weighted by Crippen LogP contribution is -2.10. The van der Waals surface area contributed by atoms with E-state index in [1.165, 1.54) is 30.4 Å². The second kappa shape index (κ2) is 7.34. The average Bonchev–Trinajstić information content (AvgIpc) is 2.45. The van der Waals surface area contributed by atoms with Gasteiger partial charge in [-0.15, -0.1) is 0 Å². The van der Waals surface area contributed by atoms with Crippen LogP contribution in [0.3, 0.4) is 0 Å². The quantitative estimate of drug-likeness (QED) is 0.430. The topological polar surface area (TPSA) is 18.5 Å². The van der Waals surface area contributed by atoms with Crippen molar-refractivity contribution in [3.05, 3.63) is 47.5 Å². The third-order valence-electron chi connectivity index (χ3n) is 3.49. The van der Waals surface area contributed by atoms with Crippen molar-refractivity contribution in [2.24, 2.45) is 0 Å². The van der Waals surface area contributed by atoms with Crippen molar-refractivity contribution in [2.75, 3.05) is 20.5 Å². The zero-order chi connectivity index (χ0) is 12.6. The number of hydrogen-bond acceptors (Lipinski definition) is 2. The third kappa shape index (κ3) is 3.69. The molecule has 0 heterocycles. The van der Waals surface area contributed by atoms with E-state index in [2.05, 4.69) is 36.4 Å². The lowest BCUT2D eigenvalue weighted by atomic mass is 9.81. The van der Waals surface area contributed by atoms with E-state index >= 15 is 0 Å². The minimum absolute atomic E-state index is 0.392. The van der Waals surface area contributed by atoms with Crippen LogP contribution in [0.15, 0.2) is 42.0 Å². The second-order valence-corrected chi connectivity index (χ2v) is 4.74. The van der Waals surface area contributed by atoms with E-state index in [0.29, 0.717) is 12.7 Å². The molecule has 0 amide bonds. The van der Waals surface area contributed by atoms with Crippen molar-refractivity contribution < 1.29 is 9.47 Å². The molecular weight excluding hydrogens is 224 g/mol. The molecule has 0 bridgehead atoms. The van der Waals surface area contributed by atoms with Crippen LogP contribution in [0.2, 0.25) is 0 Å². The van der Waals surface area contributed by atoms with Gasteiger partial charge < -0.3 is 9.47 Å². The summed E-state index contributed by atoms with van der Waals surface area (Å²) in [5, 5.41) is 0. The van der Waals surface area contributed by atoms with Gasteiger partial charge in [-0.2, -0.15) is 0 Å². The summed E-state index contributed by atoms with van der Waals surface area (Å²) in [6.45, 7) is 1.15. The first-order valence-electron chi connectivity index (χ1n) is 6.72. The fraction of sp³-hybridized carbons (Fsp3) is 0.500. The number of hydrogen-bond donors (Lipinski definition) is 0. The molecule has 1 aliphatic carbocycles. The van der Waals surface area contributed by atoms with Gasteiger partial charge in [0.05, 0.1) is 6.61 Å². The lowest BCUT2D eigenvalue weighted by molar-refractivity contribution is -0.0294. The van der Waals surface area contributed by atoms with Crippen molar-refractivity contribution in [2.45, 2.75) is 31.6 Å². The predicted octanol–water partition coefficient (Wildman–Crippen LogP) is 3.89. The molecule has 0 fully saturated rings. The maximum Gasteiger partial charge on any atom is 0.146 e. The van der Waals surface area contributed by atoms with Crippen molar-refractivity contribution in [1.82, 2.24) is 0 Å². The minimum Gasteiger partial charge on any atom is -0.359 e. The summed E-state index contributed by atoms with van der Waals surface area (Å²) >= 11 is 0. The molecule has 0 spiro atoms. The Balaban J connectivity index is 1.96. The summed E-state index contributed by atoms with van der Waals surface area (Å²) < 4.78 is 10.3. The van der Waals surface area contributed by atoms with E-state index in [1.807, 2.05) is 0 Å². The van der Waals surface area contributed by atoms with Crippen LogP contribution in [-0.4, -0.2) is 20.5 Å². The molecule has 0 aromatic heterocycles. The number of rotatable bonds is 6. The highest BCUT2D eigenvalue weighted by Gasteiger charge is 2.18. The second-order valence-electron chi connectivity index (χ2n) is 4.74. The fourth-order valence-corrected chi connectivity index (χ4v) is 2.61. The summed E-state index contributed by atoms with van der Waals surface area (Å²) in [5.74, 6) is 0.589. The van der Waals surface area contributed by atoms with Gasteiger partial charge in [-0.05, 0) is 31.2 Å². The van der Waals surface area contributed by atoms with Gasteiger partial charge in [-0.3, -0.25) is 0 Å². The molecule has 1 aromatic rings. The Morgan fingerprint density at radius 3 is 2.83 bits per heavy atom. The highest BCUT2D eigenvalue weighted by molar-refractivity contribution is 5.30. The third-order valence-corrected chi connectivity index (χ3v) is 3.49. The largest absolute Gasteiger partial charge is 0.359 e. The number of ether oxygens (including phenoxy) is 2. The Morgan fingerprint density at radius 1 is 1.22 bits per heavy atom. The van der Waals surface area contributed by atoms with Crippen LogP contribution >= 0.6 is 0 Å². The van der Waals surface area contributed by atoms with Crippen LogP contribution in [0, 0.1) is 0 Å². The van der Waals surface area contributed by atoms with Gasteiger partial charge in [0.15, 0.2) is 0 Å². The van der Waals surface area contributed by atoms with Crippen molar-refractivity contribution >= 4 is 0 Å². The molecule has 98 valence electrons. The normalized spacial score (nSPS) is 19.6. The van der Waals surface area contributed by atoms with E-state index in [1.54, 1.807) is 7.11 Å². The molecule has 1 aliphatic rings. The number of allylic oxidation sites excluding steroid dienone is 1. The smallest absolute Gasteiger partial charge is 0.146 e. The molecule has 2 heteroatoms. The average molecular weight is 246 g/mol. The van der Waals surface area contributed by atoms with Crippen LogP contribution < -0.4 is 0 Å². The molecule has 2 rings (SSSR count). The van der Waals surface area contributed by atoms with Crippen molar-refractivity contribution in [1.29, 1.82) is 0 Å². The van der Waals surface area contributed by atoms with Crippen molar-refractivity contribution in [3.8, 4) is 0 Å². The molecule has 1 aromatic carbocycles. The van der Waals surface area contributed by atoms with E-state index in [9.17, 15) is 0 Å². The van der Waals surface area contributed by atoms with Gasteiger partial charge in [-0.1, -0.05) is 42.0 Å². The summed E-state index contributed by atoms with van der Waals surface area (Å²) in [6, 6.07) is 10.8. The predicted molar refractivity (Wildman–Crippen MR) is 73.6 cm³/mol. The van der Waals surface area contributed by atoms with Crippen molar-refractivity contribution in [3.63, 3.8) is 0 Å². The Labute approximate surface area is 110 Å². The SMILES string of the molecule is COCOCCC1=CCCCC1c1ccccc1. The van der Waals surface area contributed by atoms with Gasteiger partial charge in [-0.25, -0.2) is 0 Å². The molecule has 1 atom stereocenters. The zero-order valence-electron chi connectivity index (χ0n) is 11.1. The molecule has 0 N–H and O–H groups in total. The van der Waals surface area contributed by atoms with Crippen LogP contribution in [0.1, 0.15) is 37.2 Å². The van der Waals surface area contributed by atoms with Crippen LogP contribution in [-0.2, 0) is 9.47 Å². The molecule has 0 radical (unpaired) electrons. The molecule has 1 unspecified atom stereocenters. The first-order chi connectivity index (χ1) is 8.92. The molecule has 0 aliphatic heterocycles. The standard InChI is InChI=1S/C16H22O2/c1-17-13-18-12-11-15-9-5-6-10-16(15)14-7-3-2-4-8-14/h2-4,7-9,16H,5-6,10-13H2,1H3. The van der Waals surface area contributed by atoms with Crippen LogP contribution in [0.4, 0.5) is 0 Å². The Kier molecular flexibility index (Phi) is 5.43. The van der Waals surface area contributed by atoms with E-state index in [-0.39, 0.29) is 0 Å². The molecular formula is C16H22O2. The zero-order valence-corrected chi connectivity index (χ0v) is 11.1. The number of methoxy groups -OCH3 is 1. The Bertz CT molecular complexity index is 370. The monoisotopic (exact) mass is 246 g/mol. The van der Waals surface area contributed by atoms with E-state index in [0.717, 1.165) is 13.0 Å². The van der Waals surface area contributed by atoms with Gasteiger partial charge in [0.1, 0.15) is 6.79 Å². The summed E-state index contributed by atoms with van der Waals surface area (Å²) in [7, 11) is 1.66. The summed E-state index contributed by atoms with van der Waals surface area (Å²) in [5.41, 5.74) is 2.97. The van der Waals surface area contributed by atoms with Gasteiger partial charge in [0.25, 0.3) is 0 Å². The maximum atomic E-state index is 5.41. The van der Waals surface area contributed by atoms with Crippen LogP contribution in [0.5, 0.6) is 0 Å². The van der Waals surface area contributed by atoms with E-state index < -0.39 is 0 Å². The highest BCUT2D eigenvalue weighted by atomic mass is 16.7.